The Bertz CT molecular complexity index is 310. The van der Waals surface area contributed by atoms with Gasteiger partial charge in [0.2, 0.25) is 0 Å². The number of aliphatic hydroxyl groups is 1. The molecule has 2 unspecified atom stereocenters. The lowest BCUT2D eigenvalue weighted by Crippen LogP contribution is -2.29. The van der Waals surface area contributed by atoms with E-state index in [0.717, 1.165) is 12.0 Å². The van der Waals surface area contributed by atoms with E-state index in [1.807, 2.05) is 30.3 Å². The van der Waals surface area contributed by atoms with Gasteiger partial charge in [-0.05, 0) is 32.5 Å². The summed E-state index contributed by atoms with van der Waals surface area (Å²) in [5.41, 5.74) is 1.03. The number of unbranched alkanes of at least 4 members (excludes halogenated alkanes) is 2. The third kappa shape index (κ3) is 5.19. The van der Waals surface area contributed by atoms with E-state index in [-0.39, 0.29) is 6.10 Å². The van der Waals surface area contributed by atoms with E-state index in [1.165, 1.54) is 25.7 Å². The molecule has 0 saturated carbocycles. The highest BCUT2D eigenvalue weighted by molar-refractivity contribution is 5.17. The molecule has 0 spiro atoms. The molecule has 0 amide bonds. The van der Waals surface area contributed by atoms with Crippen molar-refractivity contribution in [3.63, 3.8) is 0 Å². The summed E-state index contributed by atoms with van der Waals surface area (Å²) in [5, 5.41) is 10.3. The number of rotatable bonds is 8. The fourth-order valence-corrected chi connectivity index (χ4v) is 2.29. The molecule has 2 atom stereocenters. The van der Waals surface area contributed by atoms with E-state index < -0.39 is 0 Å². The molecule has 0 aliphatic rings. The summed E-state index contributed by atoms with van der Waals surface area (Å²) in [6.45, 7) is 2.23. The van der Waals surface area contributed by atoms with Crippen molar-refractivity contribution in [3.05, 3.63) is 35.9 Å². The van der Waals surface area contributed by atoms with Gasteiger partial charge in [-0.1, -0.05) is 56.5 Å². The zero-order chi connectivity index (χ0) is 13.4. The van der Waals surface area contributed by atoms with Crippen molar-refractivity contribution in [1.29, 1.82) is 0 Å². The van der Waals surface area contributed by atoms with Crippen LogP contribution in [0.5, 0.6) is 0 Å². The second kappa shape index (κ2) is 8.28. The van der Waals surface area contributed by atoms with Crippen molar-refractivity contribution in [2.75, 3.05) is 14.1 Å². The van der Waals surface area contributed by atoms with Gasteiger partial charge in [0.1, 0.15) is 0 Å². The van der Waals surface area contributed by atoms with Crippen LogP contribution in [0.4, 0.5) is 0 Å². The van der Waals surface area contributed by atoms with Crippen LogP contribution < -0.4 is 0 Å². The molecule has 1 N–H and O–H groups in total. The fourth-order valence-electron chi connectivity index (χ4n) is 2.29. The lowest BCUT2D eigenvalue weighted by Gasteiger charge is -2.26. The van der Waals surface area contributed by atoms with Crippen LogP contribution in [0.15, 0.2) is 30.3 Å². The molecular weight excluding hydrogens is 222 g/mol. The first-order valence-corrected chi connectivity index (χ1v) is 7.04. The minimum absolute atomic E-state index is 0.347. The molecule has 2 nitrogen and oxygen atoms in total. The van der Waals surface area contributed by atoms with Crippen LogP contribution in [0.25, 0.3) is 0 Å². The quantitative estimate of drug-likeness (QED) is 0.711. The third-order valence-electron chi connectivity index (χ3n) is 3.55. The molecule has 1 aromatic carbocycles. The molecular formula is C16H27NO. The fraction of sp³-hybridized carbons (Fsp3) is 0.625. The molecule has 102 valence electrons. The summed E-state index contributed by atoms with van der Waals surface area (Å²) in [7, 11) is 4.21. The highest BCUT2D eigenvalue weighted by Crippen LogP contribution is 2.22. The van der Waals surface area contributed by atoms with Crippen molar-refractivity contribution >= 4 is 0 Å². The lowest BCUT2D eigenvalue weighted by molar-refractivity contribution is 0.119. The second-order valence-corrected chi connectivity index (χ2v) is 5.28. The first kappa shape index (κ1) is 15.2. The number of hydrogen-bond acceptors (Lipinski definition) is 2. The Labute approximate surface area is 112 Å². The van der Waals surface area contributed by atoms with Crippen molar-refractivity contribution in [2.24, 2.45) is 0 Å². The van der Waals surface area contributed by atoms with Gasteiger partial charge < -0.3 is 10.0 Å². The van der Waals surface area contributed by atoms with E-state index in [2.05, 4.69) is 25.9 Å². The normalized spacial score (nSPS) is 14.7. The molecule has 0 saturated heterocycles. The van der Waals surface area contributed by atoms with Crippen molar-refractivity contribution in [3.8, 4) is 0 Å². The Hall–Kier alpha value is -0.860. The van der Waals surface area contributed by atoms with E-state index in [4.69, 9.17) is 0 Å². The number of aliphatic hydroxyl groups excluding tert-OH is 1. The van der Waals surface area contributed by atoms with Gasteiger partial charge in [-0.3, -0.25) is 0 Å². The summed E-state index contributed by atoms with van der Waals surface area (Å²) in [5.74, 6) is 0. The maximum atomic E-state index is 10.3. The number of hydrogen-bond donors (Lipinski definition) is 1. The topological polar surface area (TPSA) is 23.5 Å². The average Bonchev–Trinajstić information content (AvgIpc) is 2.38. The maximum absolute atomic E-state index is 10.3. The van der Waals surface area contributed by atoms with Crippen LogP contribution in [0.2, 0.25) is 0 Å². The lowest BCUT2D eigenvalue weighted by atomic mass is 9.97. The molecule has 0 bridgehead atoms. The average molecular weight is 249 g/mol. The monoisotopic (exact) mass is 249 g/mol. The third-order valence-corrected chi connectivity index (χ3v) is 3.55. The minimum atomic E-state index is -0.347. The minimum Gasteiger partial charge on any atom is -0.388 e. The molecule has 0 aliphatic carbocycles. The standard InChI is InChI=1S/C16H27NO/c1-4-5-7-12-15(17(2)3)13-16(18)14-10-8-6-9-11-14/h6,8-11,15-16,18H,4-5,7,12-13H2,1-3H3. The Morgan fingerprint density at radius 2 is 1.78 bits per heavy atom. The summed E-state index contributed by atoms with van der Waals surface area (Å²) < 4.78 is 0. The van der Waals surface area contributed by atoms with Gasteiger partial charge in [0, 0.05) is 6.04 Å². The Morgan fingerprint density at radius 3 is 2.33 bits per heavy atom. The Kier molecular flexibility index (Phi) is 6.99. The van der Waals surface area contributed by atoms with Gasteiger partial charge in [-0.25, -0.2) is 0 Å². The maximum Gasteiger partial charge on any atom is 0.0805 e. The van der Waals surface area contributed by atoms with Gasteiger partial charge in [-0.15, -0.1) is 0 Å². The van der Waals surface area contributed by atoms with Gasteiger partial charge in [-0.2, -0.15) is 0 Å². The zero-order valence-electron chi connectivity index (χ0n) is 12.0. The second-order valence-electron chi connectivity index (χ2n) is 5.28. The molecule has 0 radical (unpaired) electrons. The predicted octanol–water partition coefficient (Wildman–Crippen LogP) is 3.62. The Balaban J connectivity index is 2.50. The first-order valence-electron chi connectivity index (χ1n) is 7.04. The summed E-state index contributed by atoms with van der Waals surface area (Å²) >= 11 is 0. The largest absolute Gasteiger partial charge is 0.388 e. The van der Waals surface area contributed by atoms with Crippen LogP contribution in [-0.2, 0) is 0 Å². The SMILES string of the molecule is CCCCCC(CC(O)c1ccccc1)N(C)C. The molecule has 18 heavy (non-hydrogen) atoms. The van der Waals surface area contributed by atoms with Gasteiger partial charge >= 0.3 is 0 Å². The van der Waals surface area contributed by atoms with Crippen LogP contribution >= 0.6 is 0 Å². The molecule has 0 aromatic heterocycles. The van der Waals surface area contributed by atoms with Crippen LogP contribution in [0.1, 0.15) is 50.7 Å². The van der Waals surface area contributed by atoms with E-state index in [0.29, 0.717) is 6.04 Å². The predicted molar refractivity (Wildman–Crippen MR) is 77.6 cm³/mol. The van der Waals surface area contributed by atoms with Gasteiger partial charge in [0.15, 0.2) is 0 Å². The molecule has 0 heterocycles. The Morgan fingerprint density at radius 1 is 1.11 bits per heavy atom. The molecule has 2 heteroatoms. The van der Waals surface area contributed by atoms with E-state index >= 15 is 0 Å². The zero-order valence-corrected chi connectivity index (χ0v) is 12.0. The smallest absolute Gasteiger partial charge is 0.0805 e. The molecule has 1 rings (SSSR count). The molecule has 0 fully saturated rings. The number of benzene rings is 1. The van der Waals surface area contributed by atoms with E-state index in [9.17, 15) is 5.11 Å². The number of nitrogens with zero attached hydrogens (tertiary/aromatic N) is 1. The van der Waals surface area contributed by atoms with Crippen LogP contribution in [-0.4, -0.2) is 30.1 Å². The van der Waals surface area contributed by atoms with Crippen molar-refractivity contribution in [1.82, 2.24) is 4.90 Å². The van der Waals surface area contributed by atoms with E-state index in [1.54, 1.807) is 0 Å². The van der Waals surface area contributed by atoms with Gasteiger partial charge in [0.05, 0.1) is 6.10 Å². The highest BCUT2D eigenvalue weighted by Gasteiger charge is 2.17. The summed E-state index contributed by atoms with van der Waals surface area (Å²) in [6, 6.07) is 10.4. The highest BCUT2D eigenvalue weighted by atomic mass is 16.3. The first-order chi connectivity index (χ1) is 8.65. The van der Waals surface area contributed by atoms with Crippen molar-refractivity contribution in [2.45, 2.75) is 51.2 Å². The van der Waals surface area contributed by atoms with Crippen LogP contribution in [0.3, 0.4) is 0 Å². The molecule has 0 aliphatic heterocycles. The van der Waals surface area contributed by atoms with Gasteiger partial charge in [0.25, 0.3) is 0 Å². The summed E-state index contributed by atoms with van der Waals surface area (Å²) in [6.07, 6.45) is 5.43. The summed E-state index contributed by atoms with van der Waals surface area (Å²) in [4.78, 5) is 2.24. The van der Waals surface area contributed by atoms with Crippen molar-refractivity contribution < 1.29 is 5.11 Å². The van der Waals surface area contributed by atoms with Crippen LogP contribution in [0, 0.1) is 0 Å². The molecule has 1 aromatic rings.